The highest BCUT2D eigenvalue weighted by molar-refractivity contribution is 5.11. The van der Waals surface area contributed by atoms with Gasteiger partial charge in [0.05, 0.1) is 19.8 Å². The molecule has 0 fully saturated rings. The minimum absolute atomic E-state index is 0.615. The van der Waals surface area contributed by atoms with Crippen LogP contribution in [-0.2, 0) is 16.1 Å². The van der Waals surface area contributed by atoms with Gasteiger partial charge in [-0.3, -0.25) is 0 Å². The van der Waals surface area contributed by atoms with Gasteiger partial charge in [-0.15, -0.1) is 0 Å². The van der Waals surface area contributed by atoms with Crippen molar-refractivity contribution in [2.75, 3.05) is 20.3 Å². The van der Waals surface area contributed by atoms with Gasteiger partial charge in [-0.05, 0) is 11.6 Å². The summed E-state index contributed by atoms with van der Waals surface area (Å²) in [6.45, 7) is 1.90. The zero-order chi connectivity index (χ0) is 8.65. The monoisotopic (exact) mass is 165 g/mol. The molecule has 1 aromatic rings. The Bertz CT molecular complexity index is 196. The first-order valence-corrected chi connectivity index (χ1v) is 3.96. The molecule has 2 nitrogen and oxygen atoms in total. The highest BCUT2D eigenvalue weighted by Crippen LogP contribution is 1.98. The average Bonchev–Trinajstić information content (AvgIpc) is 2.14. The second-order valence-corrected chi connectivity index (χ2v) is 2.43. The minimum Gasteiger partial charge on any atom is -0.382 e. The molecule has 2 heteroatoms. The van der Waals surface area contributed by atoms with Crippen LogP contribution in [0, 0.1) is 6.07 Å². The highest BCUT2D eigenvalue weighted by Gasteiger charge is 1.90. The predicted octanol–water partition coefficient (Wildman–Crippen LogP) is 1.65. The van der Waals surface area contributed by atoms with Gasteiger partial charge in [0.1, 0.15) is 0 Å². The van der Waals surface area contributed by atoms with Crippen molar-refractivity contribution in [1.29, 1.82) is 0 Å². The van der Waals surface area contributed by atoms with E-state index in [1.165, 1.54) is 0 Å². The van der Waals surface area contributed by atoms with Crippen molar-refractivity contribution < 1.29 is 9.47 Å². The Balaban J connectivity index is 2.16. The second kappa shape index (κ2) is 5.75. The van der Waals surface area contributed by atoms with Crippen molar-refractivity contribution in [1.82, 2.24) is 0 Å². The Hall–Kier alpha value is -0.860. The lowest BCUT2D eigenvalue weighted by Crippen LogP contribution is -2.01. The minimum atomic E-state index is 0.615. The molecule has 1 rings (SSSR count). The third-order valence-electron chi connectivity index (χ3n) is 1.46. The summed E-state index contributed by atoms with van der Waals surface area (Å²) in [5, 5.41) is 0. The number of hydrogen-bond donors (Lipinski definition) is 0. The van der Waals surface area contributed by atoms with E-state index < -0.39 is 0 Å². The summed E-state index contributed by atoms with van der Waals surface area (Å²) >= 11 is 0. The van der Waals surface area contributed by atoms with Crippen LogP contribution in [0.4, 0.5) is 0 Å². The molecule has 0 aliphatic rings. The summed E-state index contributed by atoms with van der Waals surface area (Å²) in [5.74, 6) is 0. The summed E-state index contributed by atoms with van der Waals surface area (Å²) in [4.78, 5) is 0. The van der Waals surface area contributed by atoms with Crippen LogP contribution in [0.1, 0.15) is 5.56 Å². The Morgan fingerprint density at radius 2 is 2.25 bits per heavy atom. The van der Waals surface area contributed by atoms with Gasteiger partial charge in [-0.2, -0.15) is 0 Å². The fourth-order valence-electron chi connectivity index (χ4n) is 0.845. The normalized spacial score (nSPS) is 10.1. The quantitative estimate of drug-likeness (QED) is 0.618. The molecule has 0 saturated heterocycles. The van der Waals surface area contributed by atoms with Crippen LogP contribution in [0.5, 0.6) is 0 Å². The molecule has 65 valence electrons. The van der Waals surface area contributed by atoms with Gasteiger partial charge in [0.15, 0.2) is 0 Å². The van der Waals surface area contributed by atoms with Gasteiger partial charge in [0.25, 0.3) is 0 Å². The lowest BCUT2D eigenvalue weighted by Gasteiger charge is -2.02. The molecule has 1 radical (unpaired) electrons. The molecule has 12 heavy (non-hydrogen) atoms. The van der Waals surface area contributed by atoms with Gasteiger partial charge in [-0.1, -0.05) is 24.3 Å². The van der Waals surface area contributed by atoms with Gasteiger partial charge >= 0.3 is 0 Å². The maximum atomic E-state index is 5.30. The summed E-state index contributed by atoms with van der Waals surface area (Å²) in [5.41, 5.74) is 1.08. The maximum absolute atomic E-state index is 5.30. The van der Waals surface area contributed by atoms with E-state index in [0.717, 1.165) is 5.56 Å². The molecule has 0 aliphatic heterocycles. The number of rotatable bonds is 5. The first-order chi connectivity index (χ1) is 5.93. The number of ether oxygens (including phenoxy) is 2. The van der Waals surface area contributed by atoms with Crippen molar-refractivity contribution in [2.24, 2.45) is 0 Å². The van der Waals surface area contributed by atoms with Crippen molar-refractivity contribution in [3.8, 4) is 0 Å². The van der Waals surface area contributed by atoms with Gasteiger partial charge < -0.3 is 9.47 Å². The molecule has 0 unspecified atom stereocenters. The molecule has 0 saturated carbocycles. The average molecular weight is 165 g/mol. The summed E-state index contributed by atoms with van der Waals surface area (Å²) in [6, 6.07) is 10.9. The van der Waals surface area contributed by atoms with Gasteiger partial charge in [0, 0.05) is 7.11 Å². The van der Waals surface area contributed by atoms with E-state index in [1.807, 2.05) is 24.3 Å². The molecule has 0 N–H and O–H groups in total. The van der Waals surface area contributed by atoms with Crippen LogP contribution in [0.15, 0.2) is 24.3 Å². The van der Waals surface area contributed by atoms with E-state index in [-0.39, 0.29) is 0 Å². The molecular formula is C10H13O2. The first kappa shape index (κ1) is 9.23. The number of benzene rings is 1. The van der Waals surface area contributed by atoms with E-state index in [2.05, 4.69) is 6.07 Å². The van der Waals surface area contributed by atoms with Crippen LogP contribution in [-0.4, -0.2) is 20.3 Å². The fraction of sp³-hybridized carbons (Fsp3) is 0.400. The third kappa shape index (κ3) is 3.51. The smallest absolute Gasteiger partial charge is 0.0724 e. The molecule has 0 spiro atoms. The largest absolute Gasteiger partial charge is 0.382 e. The zero-order valence-corrected chi connectivity index (χ0v) is 7.25. The molecule has 0 heterocycles. The predicted molar refractivity (Wildman–Crippen MR) is 46.8 cm³/mol. The molecule has 0 bridgehead atoms. The van der Waals surface area contributed by atoms with Crippen LogP contribution >= 0.6 is 0 Å². The number of hydrogen-bond acceptors (Lipinski definition) is 2. The van der Waals surface area contributed by atoms with E-state index in [0.29, 0.717) is 19.8 Å². The second-order valence-electron chi connectivity index (χ2n) is 2.43. The van der Waals surface area contributed by atoms with Crippen LogP contribution < -0.4 is 0 Å². The Morgan fingerprint density at radius 3 is 2.92 bits per heavy atom. The SMILES string of the molecule is COCCOCc1[c]cccc1. The maximum Gasteiger partial charge on any atom is 0.0724 e. The summed E-state index contributed by atoms with van der Waals surface area (Å²) in [7, 11) is 1.66. The summed E-state index contributed by atoms with van der Waals surface area (Å²) < 4.78 is 10.1. The Morgan fingerprint density at radius 1 is 1.33 bits per heavy atom. The first-order valence-electron chi connectivity index (χ1n) is 3.96. The van der Waals surface area contributed by atoms with E-state index in [9.17, 15) is 0 Å². The lowest BCUT2D eigenvalue weighted by molar-refractivity contribution is 0.0616. The Kier molecular flexibility index (Phi) is 4.42. The van der Waals surface area contributed by atoms with Crippen molar-refractivity contribution in [3.05, 3.63) is 35.9 Å². The molecular weight excluding hydrogens is 152 g/mol. The molecule has 0 aliphatic carbocycles. The third-order valence-corrected chi connectivity index (χ3v) is 1.46. The molecule has 0 amide bonds. The molecule has 0 atom stereocenters. The van der Waals surface area contributed by atoms with Crippen molar-refractivity contribution in [2.45, 2.75) is 6.61 Å². The highest BCUT2D eigenvalue weighted by atomic mass is 16.5. The lowest BCUT2D eigenvalue weighted by atomic mass is 10.2. The van der Waals surface area contributed by atoms with Gasteiger partial charge in [0.2, 0.25) is 0 Å². The van der Waals surface area contributed by atoms with Crippen LogP contribution in [0.25, 0.3) is 0 Å². The van der Waals surface area contributed by atoms with Crippen LogP contribution in [0.3, 0.4) is 0 Å². The topological polar surface area (TPSA) is 18.5 Å². The zero-order valence-electron chi connectivity index (χ0n) is 7.25. The van der Waals surface area contributed by atoms with E-state index in [4.69, 9.17) is 9.47 Å². The van der Waals surface area contributed by atoms with E-state index >= 15 is 0 Å². The molecule has 1 aromatic carbocycles. The van der Waals surface area contributed by atoms with Crippen molar-refractivity contribution in [3.63, 3.8) is 0 Å². The van der Waals surface area contributed by atoms with Crippen molar-refractivity contribution >= 4 is 0 Å². The van der Waals surface area contributed by atoms with E-state index in [1.54, 1.807) is 7.11 Å². The Labute approximate surface area is 73.1 Å². The van der Waals surface area contributed by atoms with Crippen LogP contribution in [0.2, 0.25) is 0 Å². The standard InChI is InChI=1S/C10H13O2/c1-11-7-8-12-9-10-5-3-2-4-6-10/h2-5H,7-9H2,1H3. The fourth-order valence-corrected chi connectivity index (χ4v) is 0.845. The molecule has 0 aromatic heterocycles. The summed E-state index contributed by atoms with van der Waals surface area (Å²) in [6.07, 6.45) is 0. The number of methoxy groups -OCH3 is 1. The van der Waals surface area contributed by atoms with Gasteiger partial charge in [-0.25, -0.2) is 0 Å².